The lowest BCUT2D eigenvalue weighted by Gasteiger charge is -2.15. The second-order valence-electron chi connectivity index (χ2n) is 5.08. The van der Waals surface area contributed by atoms with E-state index in [1.807, 2.05) is 50.2 Å². The molecule has 1 amide bonds. The molecule has 6 heteroatoms. The first-order valence-corrected chi connectivity index (χ1v) is 8.29. The highest BCUT2D eigenvalue weighted by Crippen LogP contribution is 2.24. The van der Waals surface area contributed by atoms with Gasteiger partial charge in [0.2, 0.25) is 0 Å². The Bertz CT molecular complexity index is 705. The van der Waals surface area contributed by atoms with Gasteiger partial charge in [0.1, 0.15) is 5.75 Å². The summed E-state index contributed by atoms with van der Waals surface area (Å²) < 4.78 is 6.47. The van der Waals surface area contributed by atoms with Crippen molar-refractivity contribution < 1.29 is 9.53 Å². The van der Waals surface area contributed by atoms with Crippen molar-refractivity contribution in [3.05, 3.63) is 58.6 Å². The summed E-state index contributed by atoms with van der Waals surface area (Å²) in [5.74, 6) is 0.193. The summed E-state index contributed by atoms with van der Waals surface area (Å²) in [6, 6.07) is 14.7. The van der Waals surface area contributed by atoms with Gasteiger partial charge in [-0.25, -0.2) is 0 Å². The molecule has 0 bridgehead atoms. The maximum absolute atomic E-state index is 12.5. The Labute approximate surface area is 149 Å². The molecule has 2 rings (SSSR count). The highest BCUT2D eigenvalue weighted by Gasteiger charge is 2.15. The SMILES string of the molecule is CC(C)Oc1ccc(Br)cc1C(=O)NC(=S)Nc1ccccc1. The standard InChI is InChI=1S/C17H17BrN2O2S/c1-11(2)22-15-9-8-12(18)10-14(15)16(21)20-17(23)19-13-6-4-3-5-7-13/h3-11H,1-2H3,(H2,19,20,21,23). The van der Waals surface area contributed by atoms with E-state index in [9.17, 15) is 4.79 Å². The average Bonchev–Trinajstić information content (AvgIpc) is 2.49. The maximum atomic E-state index is 12.5. The van der Waals surface area contributed by atoms with Gasteiger partial charge in [-0.1, -0.05) is 34.1 Å². The lowest BCUT2D eigenvalue weighted by molar-refractivity contribution is 0.0972. The minimum Gasteiger partial charge on any atom is -0.490 e. The quantitative estimate of drug-likeness (QED) is 0.758. The number of hydrogen-bond acceptors (Lipinski definition) is 3. The summed E-state index contributed by atoms with van der Waals surface area (Å²) in [5, 5.41) is 5.86. The third-order valence-corrected chi connectivity index (χ3v) is 3.51. The van der Waals surface area contributed by atoms with Crippen molar-refractivity contribution in [2.75, 3.05) is 5.32 Å². The number of hydrogen-bond donors (Lipinski definition) is 2. The fourth-order valence-corrected chi connectivity index (χ4v) is 2.46. The number of nitrogens with one attached hydrogen (secondary N) is 2. The first kappa shape index (κ1) is 17.4. The Kier molecular flexibility index (Phi) is 6.12. The van der Waals surface area contributed by atoms with Crippen LogP contribution in [0.2, 0.25) is 0 Å². The molecule has 23 heavy (non-hydrogen) atoms. The molecule has 0 fully saturated rings. The van der Waals surface area contributed by atoms with E-state index < -0.39 is 0 Å². The fourth-order valence-electron chi connectivity index (χ4n) is 1.89. The largest absolute Gasteiger partial charge is 0.490 e. The number of anilines is 1. The normalized spacial score (nSPS) is 10.3. The van der Waals surface area contributed by atoms with Crippen molar-refractivity contribution in [2.45, 2.75) is 20.0 Å². The van der Waals surface area contributed by atoms with Crippen LogP contribution in [-0.4, -0.2) is 17.1 Å². The Morgan fingerprint density at radius 1 is 1.17 bits per heavy atom. The summed E-state index contributed by atoms with van der Waals surface area (Å²) in [5.41, 5.74) is 1.23. The molecule has 2 aromatic rings. The minimum atomic E-state index is -0.324. The van der Waals surface area contributed by atoms with Gasteiger partial charge in [-0.05, 0) is 56.4 Å². The summed E-state index contributed by atoms with van der Waals surface area (Å²) >= 11 is 8.55. The molecule has 0 unspecified atom stereocenters. The van der Waals surface area contributed by atoms with Gasteiger partial charge in [0, 0.05) is 10.2 Å². The van der Waals surface area contributed by atoms with Crippen LogP contribution in [0, 0.1) is 0 Å². The van der Waals surface area contributed by atoms with Gasteiger partial charge in [0.05, 0.1) is 11.7 Å². The Morgan fingerprint density at radius 2 is 1.87 bits per heavy atom. The molecule has 0 aliphatic rings. The van der Waals surface area contributed by atoms with E-state index in [0.29, 0.717) is 11.3 Å². The average molecular weight is 393 g/mol. The fraction of sp³-hybridized carbons (Fsp3) is 0.176. The molecule has 0 saturated carbocycles. The van der Waals surface area contributed by atoms with Crippen molar-refractivity contribution in [1.82, 2.24) is 5.32 Å². The molecule has 0 spiro atoms. The van der Waals surface area contributed by atoms with Gasteiger partial charge < -0.3 is 10.1 Å². The molecule has 4 nitrogen and oxygen atoms in total. The zero-order chi connectivity index (χ0) is 16.8. The third kappa shape index (κ3) is 5.33. The number of rotatable bonds is 4. The molecule has 0 radical (unpaired) electrons. The summed E-state index contributed by atoms with van der Waals surface area (Å²) in [6.45, 7) is 3.82. The predicted octanol–water partition coefficient (Wildman–Crippen LogP) is 4.36. The number of benzene rings is 2. The zero-order valence-electron chi connectivity index (χ0n) is 12.8. The van der Waals surface area contributed by atoms with Crippen LogP contribution in [-0.2, 0) is 0 Å². The molecule has 2 aromatic carbocycles. The van der Waals surface area contributed by atoms with E-state index >= 15 is 0 Å². The molecule has 0 aromatic heterocycles. The van der Waals surface area contributed by atoms with E-state index in [1.54, 1.807) is 12.1 Å². The van der Waals surface area contributed by atoms with E-state index in [1.165, 1.54) is 0 Å². The van der Waals surface area contributed by atoms with Gasteiger partial charge in [0.15, 0.2) is 5.11 Å². The Morgan fingerprint density at radius 3 is 2.52 bits per heavy atom. The second-order valence-corrected chi connectivity index (χ2v) is 6.41. The smallest absolute Gasteiger partial charge is 0.261 e. The van der Waals surface area contributed by atoms with Gasteiger partial charge >= 0.3 is 0 Å². The van der Waals surface area contributed by atoms with Crippen LogP contribution >= 0.6 is 28.1 Å². The van der Waals surface area contributed by atoms with Crippen molar-refractivity contribution in [1.29, 1.82) is 0 Å². The monoisotopic (exact) mass is 392 g/mol. The molecule has 0 aliphatic carbocycles. The molecule has 0 aliphatic heterocycles. The number of carbonyl (C=O) groups is 1. The van der Waals surface area contributed by atoms with Gasteiger partial charge in [-0.2, -0.15) is 0 Å². The topological polar surface area (TPSA) is 50.4 Å². The summed E-state index contributed by atoms with van der Waals surface area (Å²) in [6.07, 6.45) is -0.0304. The van der Waals surface area contributed by atoms with Crippen LogP contribution in [0.4, 0.5) is 5.69 Å². The molecule has 120 valence electrons. The molecular formula is C17H17BrN2O2S. The zero-order valence-corrected chi connectivity index (χ0v) is 15.2. The number of ether oxygens (including phenoxy) is 1. The minimum absolute atomic E-state index is 0.0304. The number of carbonyl (C=O) groups excluding carboxylic acids is 1. The van der Waals surface area contributed by atoms with Gasteiger partial charge in [0.25, 0.3) is 5.91 Å². The Balaban J connectivity index is 2.10. The van der Waals surface area contributed by atoms with Crippen LogP contribution in [0.1, 0.15) is 24.2 Å². The molecule has 0 atom stereocenters. The first-order valence-electron chi connectivity index (χ1n) is 7.09. The number of thiocarbonyl (C=S) groups is 1. The van der Waals surface area contributed by atoms with Crippen LogP contribution in [0.25, 0.3) is 0 Å². The lowest BCUT2D eigenvalue weighted by Crippen LogP contribution is -2.34. The van der Waals surface area contributed by atoms with E-state index in [2.05, 4.69) is 26.6 Å². The van der Waals surface area contributed by atoms with Crippen molar-refractivity contribution in [3.63, 3.8) is 0 Å². The first-order chi connectivity index (χ1) is 11.0. The van der Waals surface area contributed by atoms with Crippen LogP contribution < -0.4 is 15.4 Å². The van der Waals surface area contributed by atoms with E-state index in [0.717, 1.165) is 10.2 Å². The predicted molar refractivity (Wildman–Crippen MR) is 100 cm³/mol. The van der Waals surface area contributed by atoms with Crippen molar-refractivity contribution >= 4 is 44.9 Å². The van der Waals surface area contributed by atoms with Crippen LogP contribution in [0.15, 0.2) is 53.0 Å². The summed E-state index contributed by atoms with van der Waals surface area (Å²) in [7, 11) is 0. The van der Waals surface area contributed by atoms with Crippen molar-refractivity contribution in [3.8, 4) is 5.75 Å². The molecule has 0 saturated heterocycles. The maximum Gasteiger partial charge on any atom is 0.261 e. The Hall–Kier alpha value is -1.92. The number of amides is 1. The molecule has 0 heterocycles. The molecular weight excluding hydrogens is 376 g/mol. The van der Waals surface area contributed by atoms with Crippen molar-refractivity contribution in [2.24, 2.45) is 0 Å². The van der Waals surface area contributed by atoms with Gasteiger partial charge in [-0.15, -0.1) is 0 Å². The second kappa shape index (κ2) is 8.08. The van der Waals surface area contributed by atoms with E-state index in [4.69, 9.17) is 17.0 Å². The summed E-state index contributed by atoms with van der Waals surface area (Å²) in [4.78, 5) is 12.5. The van der Waals surface area contributed by atoms with Gasteiger partial charge in [-0.3, -0.25) is 10.1 Å². The van der Waals surface area contributed by atoms with Crippen LogP contribution in [0.5, 0.6) is 5.75 Å². The van der Waals surface area contributed by atoms with Crippen LogP contribution in [0.3, 0.4) is 0 Å². The molecule has 2 N–H and O–H groups in total. The third-order valence-electron chi connectivity index (χ3n) is 2.81. The highest BCUT2D eigenvalue weighted by atomic mass is 79.9. The number of para-hydroxylation sites is 1. The number of halogens is 1. The highest BCUT2D eigenvalue weighted by molar-refractivity contribution is 9.10. The van der Waals surface area contributed by atoms with E-state index in [-0.39, 0.29) is 17.1 Å². The lowest BCUT2D eigenvalue weighted by atomic mass is 10.2.